The van der Waals surface area contributed by atoms with Gasteiger partial charge in [-0.2, -0.15) is 0 Å². The molecule has 3 aromatic rings. The van der Waals surface area contributed by atoms with Crippen molar-refractivity contribution in [1.82, 2.24) is 9.88 Å². The molecule has 0 bridgehead atoms. The van der Waals surface area contributed by atoms with Gasteiger partial charge < -0.3 is 4.74 Å². The number of hydrogen-bond acceptors (Lipinski definition) is 3. The van der Waals surface area contributed by atoms with Crippen molar-refractivity contribution in [2.24, 2.45) is 0 Å². The van der Waals surface area contributed by atoms with Gasteiger partial charge >= 0.3 is 0 Å². The van der Waals surface area contributed by atoms with E-state index in [-0.39, 0.29) is 17.8 Å². The Bertz CT molecular complexity index is 904. The first kappa shape index (κ1) is 19.1. The molecule has 1 saturated heterocycles. The third-order valence-corrected chi connectivity index (χ3v) is 5.65. The lowest BCUT2D eigenvalue weighted by molar-refractivity contribution is 0.132. The van der Waals surface area contributed by atoms with E-state index in [0.717, 1.165) is 22.7 Å². The summed E-state index contributed by atoms with van der Waals surface area (Å²) in [5.74, 6) is -0.0335. The van der Waals surface area contributed by atoms with Gasteiger partial charge in [0.1, 0.15) is 5.82 Å². The molecule has 0 amide bonds. The van der Waals surface area contributed by atoms with Crippen molar-refractivity contribution in [3.63, 3.8) is 0 Å². The first-order valence-corrected chi connectivity index (χ1v) is 9.78. The molecule has 1 aliphatic rings. The van der Waals surface area contributed by atoms with Gasteiger partial charge in [-0.3, -0.25) is 9.88 Å². The lowest BCUT2D eigenvalue weighted by atomic mass is 9.92. The Morgan fingerprint density at radius 3 is 2.46 bits per heavy atom. The zero-order valence-corrected chi connectivity index (χ0v) is 16.2. The van der Waals surface area contributed by atoms with Crippen LogP contribution in [0.5, 0.6) is 0 Å². The van der Waals surface area contributed by atoms with Crippen molar-refractivity contribution < 1.29 is 9.13 Å². The highest BCUT2D eigenvalue weighted by Crippen LogP contribution is 2.32. The third kappa shape index (κ3) is 4.41. The van der Waals surface area contributed by atoms with E-state index in [9.17, 15) is 4.39 Å². The minimum absolute atomic E-state index is 0.176. The van der Waals surface area contributed by atoms with E-state index in [1.165, 1.54) is 17.7 Å². The third-order valence-electron chi connectivity index (χ3n) is 5.28. The first-order chi connectivity index (χ1) is 13.7. The summed E-state index contributed by atoms with van der Waals surface area (Å²) in [5.41, 5.74) is 3.37. The van der Waals surface area contributed by atoms with Crippen LogP contribution in [0.25, 0.3) is 0 Å². The molecule has 0 saturated carbocycles. The smallest absolute Gasteiger partial charge is 0.123 e. The Morgan fingerprint density at radius 1 is 0.964 bits per heavy atom. The van der Waals surface area contributed by atoms with E-state index in [2.05, 4.69) is 16.0 Å². The predicted octanol–water partition coefficient (Wildman–Crippen LogP) is 5.06. The minimum atomic E-state index is -0.219. The lowest BCUT2D eigenvalue weighted by Crippen LogP contribution is -2.38. The molecule has 0 unspecified atom stereocenters. The SMILES string of the molecule is Fc1ccc([C@@H]2COC[C@H]2N(Cc2ccncc2)Cc2ccccc2Cl)cc1. The summed E-state index contributed by atoms with van der Waals surface area (Å²) in [4.78, 5) is 6.52. The fourth-order valence-corrected chi connectivity index (χ4v) is 3.99. The fraction of sp³-hybridized carbons (Fsp3) is 0.261. The highest BCUT2D eigenvalue weighted by atomic mass is 35.5. The van der Waals surface area contributed by atoms with Gasteiger partial charge in [-0.15, -0.1) is 0 Å². The Labute approximate surface area is 169 Å². The van der Waals surface area contributed by atoms with Crippen molar-refractivity contribution in [2.45, 2.75) is 25.0 Å². The van der Waals surface area contributed by atoms with Crippen molar-refractivity contribution in [3.8, 4) is 0 Å². The number of aromatic nitrogens is 1. The van der Waals surface area contributed by atoms with E-state index < -0.39 is 0 Å². The summed E-state index contributed by atoms with van der Waals surface area (Å²) < 4.78 is 19.2. The molecule has 1 fully saturated rings. The molecule has 5 heteroatoms. The molecule has 144 valence electrons. The molecule has 28 heavy (non-hydrogen) atoms. The van der Waals surface area contributed by atoms with E-state index in [1.54, 1.807) is 0 Å². The first-order valence-electron chi connectivity index (χ1n) is 9.40. The molecule has 1 aromatic heterocycles. The van der Waals surface area contributed by atoms with E-state index in [0.29, 0.717) is 19.8 Å². The molecular formula is C23H22ClFN2O. The molecule has 1 aliphatic heterocycles. The van der Waals surface area contributed by atoms with Crippen LogP contribution in [0.2, 0.25) is 5.02 Å². The molecular weight excluding hydrogens is 375 g/mol. The zero-order valence-electron chi connectivity index (χ0n) is 15.5. The number of benzene rings is 2. The van der Waals surface area contributed by atoms with Gasteiger partial charge in [0.25, 0.3) is 0 Å². The average molecular weight is 397 g/mol. The summed E-state index contributed by atoms with van der Waals surface area (Å²) >= 11 is 6.44. The summed E-state index contributed by atoms with van der Waals surface area (Å²) in [6.45, 7) is 2.75. The minimum Gasteiger partial charge on any atom is -0.379 e. The lowest BCUT2D eigenvalue weighted by Gasteiger charge is -2.32. The molecule has 2 aromatic carbocycles. The van der Waals surface area contributed by atoms with Crippen LogP contribution >= 0.6 is 11.6 Å². The summed E-state index contributed by atoms with van der Waals surface area (Å²) in [7, 11) is 0. The van der Waals surface area contributed by atoms with Crippen LogP contribution in [0.15, 0.2) is 73.1 Å². The van der Waals surface area contributed by atoms with Crippen LogP contribution in [-0.4, -0.2) is 29.1 Å². The maximum atomic E-state index is 13.4. The fourth-order valence-electron chi connectivity index (χ4n) is 3.79. The average Bonchev–Trinajstić information content (AvgIpc) is 3.20. The number of ether oxygens (including phenoxy) is 1. The Kier molecular flexibility index (Phi) is 6.01. The maximum absolute atomic E-state index is 13.4. The monoisotopic (exact) mass is 396 g/mol. The maximum Gasteiger partial charge on any atom is 0.123 e. The van der Waals surface area contributed by atoms with Crippen molar-refractivity contribution >= 4 is 11.6 Å². The number of nitrogens with zero attached hydrogens (tertiary/aromatic N) is 2. The Hall–Kier alpha value is -2.27. The second kappa shape index (κ2) is 8.82. The normalized spacial score (nSPS) is 19.2. The standard InChI is InChI=1S/C23H22ClFN2O/c24-22-4-2-1-3-19(22)14-27(13-17-9-11-26-12-10-17)23-16-28-15-21(23)18-5-7-20(25)8-6-18/h1-12,21,23H,13-16H2/t21-,23+/m0/s1. The molecule has 0 N–H and O–H groups in total. The molecule has 2 heterocycles. The molecule has 0 aliphatic carbocycles. The highest BCUT2D eigenvalue weighted by molar-refractivity contribution is 6.31. The van der Waals surface area contributed by atoms with Gasteiger partial charge in [-0.25, -0.2) is 4.39 Å². The van der Waals surface area contributed by atoms with Crippen LogP contribution in [-0.2, 0) is 17.8 Å². The van der Waals surface area contributed by atoms with Gasteiger partial charge in [0.05, 0.1) is 13.2 Å². The van der Waals surface area contributed by atoms with Gasteiger partial charge in [-0.05, 0) is 47.0 Å². The van der Waals surface area contributed by atoms with E-state index in [4.69, 9.17) is 16.3 Å². The predicted molar refractivity (Wildman–Crippen MR) is 109 cm³/mol. The molecule has 0 spiro atoms. The highest BCUT2D eigenvalue weighted by Gasteiger charge is 2.34. The van der Waals surface area contributed by atoms with Crippen LogP contribution in [0.3, 0.4) is 0 Å². The van der Waals surface area contributed by atoms with E-state index >= 15 is 0 Å². The Balaban J connectivity index is 1.63. The number of pyridine rings is 1. The van der Waals surface area contributed by atoms with Crippen LogP contribution in [0.4, 0.5) is 4.39 Å². The second-order valence-corrected chi connectivity index (χ2v) is 7.52. The van der Waals surface area contributed by atoms with E-state index in [1.807, 2.05) is 54.9 Å². The Morgan fingerprint density at radius 2 is 1.71 bits per heavy atom. The van der Waals surface area contributed by atoms with Crippen LogP contribution in [0, 0.1) is 5.82 Å². The number of rotatable bonds is 6. The number of hydrogen-bond donors (Lipinski definition) is 0. The van der Waals surface area contributed by atoms with Crippen LogP contribution in [0.1, 0.15) is 22.6 Å². The molecule has 4 rings (SSSR count). The summed E-state index contributed by atoms with van der Waals surface area (Å²) in [5, 5.41) is 0.763. The van der Waals surface area contributed by atoms with Crippen molar-refractivity contribution in [2.75, 3.05) is 13.2 Å². The zero-order chi connectivity index (χ0) is 19.3. The topological polar surface area (TPSA) is 25.4 Å². The quantitative estimate of drug-likeness (QED) is 0.582. The second-order valence-electron chi connectivity index (χ2n) is 7.11. The van der Waals surface area contributed by atoms with Crippen molar-refractivity contribution in [1.29, 1.82) is 0 Å². The van der Waals surface area contributed by atoms with Gasteiger partial charge in [-0.1, -0.05) is 41.9 Å². The molecule has 2 atom stereocenters. The summed E-state index contributed by atoms with van der Waals surface area (Å²) in [6.07, 6.45) is 3.62. The van der Waals surface area contributed by atoms with Gasteiger partial charge in [0.2, 0.25) is 0 Å². The number of halogens is 2. The largest absolute Gasteiger partial charge is 0.379 e. The molecule has 3 nitrogen and oxygen atoms in total. The van der Waals surface area contributed by atoms with Gasteiger partial charge in [0, 0.05) is 42.5 Å². The van der Waals surface area contributed by atoms with Crippen molar-refractivity contribution in [3.05, 3.63) is 101 Å². The van der Waals surface area contributed by atoms with Crippen LogP contribution < -0.4 is 0 Å². The summed E-state index contributed by atoms with van der Waals surface area (Å²) in [6, 6.07) is 18.9. The van der Waals surface area contributed by atoms with Gasteiger partial charge in [0.15, 0.2) is 0 Å². The molecule has 0 radical (unpaired) electrons.